The van der Waals surface area contributed by atoms with E-state index in [9.17, 15) is 9.59 Å². The molecular weight excluding hydrogens is 340 g/mol. The summed E-state index contributed by atoms with van der Waals surface area (Å²) in [6.45, 7) is 1.95. The molecule has 1 saturated carbocycles. The van der Waals surface area contributed by atoms with Gasteiger partial charge in [-0.1, -0.05) is 31.4 Å². The Morgan fingerprint density at radius 1 is 0.963 bits per heavy atom. The van der Waals surface area contributed by atoms with Crippen molar-refractivity contribution in [1.29, 1.82) is 0 Å². The summed E-state index contributed by atoms with van der Waals surface area (Å²) >= 11 is 0. The molecule has 1 aliphatic rings. The normalized spacial score (nSPS) is 14.4. The van der Waals surface area contributed by atoms with Crippen LogP contribution in [0.1, 0.15) is 58.4 Å². The van der Waals surface area contributed by atoms with Gasteiger partial charge in [0.05, 0.1) is 12.8 Å². The van der Waals surface area contributed by atoms with Gasteiger partial charge >= 0.3 is 0 Å². The van der Waals surface area contributed by atoms with Crippen molar-refractivity contribution >= 4 is 17.5 Å². The number of rotatable bonds is 5. The fourth-order valence-electron chi connectivity index (χ4n) is 3.43. The summed E-state index contributed by atoms with van der Waals surface area (Å²) in [5, 5.41) is 5.96. The molecule has 2 aromatic carbocycles. The highest BCUT2D eigenvalue weighted by Gasteiger charge is 2.18. The van der Waals surface area contributed by atoms with Gasteiger partial charge in [0.15, 0.2) is 0 Å². The van der Waals surface area contributed by atoms with Crippen LogP contribution in [0.2, 0.25) is 0 Å². The van der Waals surface area contributed by atoms with Gasteiger partial charge in [0, 0.05) is 17.2 Å². The van der Waals surface area contributed by atoms with Gasteiger partial charge in [0.25, 0.3) is 11.8 Å². The van der Waals surface area contributed by atoms with Crippen molar-refractivity contribution in [2.45, 2.75) is 45.1 Å². The van der Waals surface area contributed by atoms with E-state index in [0.29, 0.717) is 22.6 Å². The smallest absolute Gasteiger partial charge is 0.255 e. The van der Waals surface area contributed by atoms with E-state index >= 15 is 0 Å². The number of anilines is 1. The average molecular weight is 366 g/mol. The second kappa shape index (κ2) is 8.71. The topological polar surface area (TPSA) is 67.4 Å². The lowest BCUT2D eigenvalue weighted by molar-refractivity contribution is 0.0927. The Labute approximate surface area is 160 Å². The summed E-state index contributed by atoms with van der Waals surface area (Å²) in [6, 6.07) is 12.6. The van der Waals surface area contributed by atoms with Crippen LogP contribution in [-0.2, 0) is 0 Å². The highest BCUT2D eigenvalue weighted by atomic mass is 16.5. The van der Waals surface area contributed by atoms with E-state index in [1.165, 1.54) is 6.42 Å². The maximum atomic E-state index is 12.7. The van der Waals surface area contributed by atoms with Crippen molar-refractivity contribution in [3.8, 4) is 5.75 Å². The molecule has 0 saturated heterocycles. The number of ether oxygens (including phenoxy) is 1. The molecule has 27 heavy (non-hydrogen) atoms. The van der Waals surface area contributed by atoms with Gasteiger partial charge in [0.2, 0.25) is 0 Å². The first-order valence-corrected chi connectivity index (χ1v) is 9.44. The van der Waals surface area contributed by atoms with Crippen molar-refractivity contribution in [1.82, 2.24) is 5.32 Å². The standard InChI is InChI=1S/C22H26N2O3/c1-15-11-12-20(27-2)19(13-15)24-22(26)17-8-6-7-16(14-17)21(25)23-18-9-4-3-5-10-18/h6-8,11-14,18H,3-5,9-10H2,1-2H3,(H,23,25)(H,24,26). The number of methoxy groups -OCH3 is 1. The van der Waals surface area contributed by atoms with Crippen LogP contribution in [0, 0.1) is 6.92 Å². The van der Waals surface area contributed by atoms with E-state index in [1.807, 2.05) is 25.1 Å². The summed E-state index contributed by atoms with van der Waals surface area (Å²) < 4.78 is 5.30. The monoisotopic (exact) mass is 366 g/mol. The van der Waals surface area contributed by atoms with Gasteiger partial charge in [-0.25, -0.2) is 0 Å². The predicted octanol–water partition coefficient (Wildman–Crippen LogP) is 4.32. The minimum absolute atomic E-state index is 0.121. The lowest BCUT2D eigenvalue weighted by Gasteiger charge is -2.22. The van der Waals surface area contributed by atoms with Crippen LogP contribution < -0.4 is 15.4 Å². The lowest BCUT2D eigenvalue weighted by Crippen LogP contribution is -2.36. The van der Waals surface area contributed by atoms with Gasteiger partial charge in [-0.2, -0.15) is 0 Å². The Morgan fingerprint density at radius 2 is 1.67 bits per heavy atom. The van der Waals surface area contributed by atoms with Crippen molar-refractivity contribution in [3.63, 3.8) is 0 Å². The summed E-state index contributed by atoms with van der Waals surface area (Å²) in [7, 11) is 1.57. The summed E-state index contributed by atoms with van der Waals surface area (Å²) in [5.41, 5.74) is 2.57. The molecule has 0 aliphatic heterocycles. The van der Waals surface area contributed by atoms with Crippen molar-refractivity contribution < 1.29 is 14.3 Å². The van der Waals surface area contributed by atoms with Gasteiger partial charge < -0.3 is 15.4 Å². The molecule has 142 valence electrons. The zero-order chi connectivity index (χ0) is 19.2. The number of carbonyl (C=O) groups is 2. The Hall–Kier alpha value is -2.82. The molecule has 1 aliphatic carbocycles. The predicted molar refractivity (Wildman–Crippen MR) is 106 cm³/mol. The highest BCUT2D eigenvalue weighted by Crippen LogP contribution is 2.26. The number of benzene rings is 2. The molecule has 0 bridgehead atoms. The van der Waals surface area contributed by atoms with Crippen LogP contribution in [0.25, 0.3) is 0 Å². The number of amides is 2. The van der Waals surface area contributed by atoms with E-state index in [4.69, 9.17) is 4.74 Å². The quantitative estimate of drug-likeness (QED) is 0.828. The molecule has 1 fully saturated rings. The van der Waals surface area contributed by atoms with Crippen molar-refractivity contribution in [3.05, 3.63) is 59.2 Å². The summed E-state index contributed by atoms with van der Waals surface area (Å²) in [5.74, 6) is 0.205. The zero-order valence-corrected chi connectivity index (χ0v) is 15.9. The molecule has 0 atom stereocenters. The number of aryl methyl sites for hydroxylation is 1. The molecule has 0 heterocycles. The van der Waals surface area contributed by atoms with E-state index in [1.54, 1.807) is 31.4 Å². The number of carbonyl (C=O) groups excluding carboxylic acids is 2. The summed E-state index contributed by atoms with van der Waals surface area (Å²) in [6.07, 6.45) is 5.61. The van der Waals surface area contributed by atoms with E-state index in [0.717, 1.165) is 31.2 Å². The molecule has 3 rings (SSSR count). The Morgan fingerprint density at radius 3 is 2.37 bits per heavy atom. The van der Waals surface area contributed by atoms with Gasteiger partial charge in [-0.15, -0.1) is 0 Å². The second-order valence-electron chi connectivity index (χ2n) is 7.05. The molecule has 0 aromatic heterocycles. The maximum absolute atomic E-state index is 12.7. The first-order chi connectivity index (χ1) is 13.1. The minimum Gasteiger partial charge on any atom is -0.495 e. The number of nitrogens with one attached hydrogen (secondary N) is 2. The third-order valence-electron chi connectivity index (χ3n) is 4.93. The molecule has 0 radical (unpaired) electrons. The van der Waals surface area contributed by atoms with Crippen molar-refractivity contribution in [2.75, 3.05) is 12.4 Å². The van der Waals surface area contributed by atoms with Crippen LogP contribution in [0.4, 0.5) is 5.69 Å². The zero-order valence-electron chi connectivity index (χ0n) is 15.9. The molecule has 5 nitrogen and oxygen atoms in total. The molecule has 0 spiro atoms. The minimum atomic E-state index is -0.272. The third kappa shape index (κ3) is 4.88. The van der Waals surface area contributed by atoms with Crippen LogP contribution >= 0.6 is 0 Å². The Bertz CT molecular complexity index is 826. The van der Waals surface area contributed by atoms with Crippen molar-refractivity contribution in [2.24, 2.45) is 0 Å². The fraction of sp³-hybridized carbons (Fsp3) is 0.364. The van der Waals surface area contributed by atoms with Crippen LogP contribution in [0.5, 0.6) is 5.75 Å². The lowest BCUT2D eigenvalue weighted by atomic mass is 9.95. The van der Waals surface area contributed by atoms with Crippen LogP contribution in [0.15, 0.2) is 42.5 Å². The first-order valence-electron chi connectivity index (χ1n) is 9.44. The molecule has 2 amide bonds. The Kier molecular flexibility index (Phi) is 6.12. The van der Waals surface area contributed by atoms with Gasteiger partial charge in [-0.3, -0.25) is 9.59 Å². The third-order valence-corrected chi connectivity index (χ3v) is 4.93. The molecule has 0 unspecified atom stereocenters. The fourth-order valence-corrected chi connectivity index (χ4v) is 3.43. The van der Waals surface area contributed by atoms with Gasteiger partial charge in [0.1, 0.15) is 5.75 Å². The summed E-state index contributed by atoms with van der Waals surface area (Å²) in [4.78, 5) is 25.2. The van der Waals surface area contributed by atoms with E-state index in [-0.39, 0.29) is 17.9 Å². The molecule has 5 heteroatoms. The van der Waals surface area contributed by atoms with Gasteiger partial charge in [-0.05, 0) is 55.7 Å². The SMILES string of the molecule is COc1ccc(C)cc1NC(=O)c1cccc(C(=O)NC2CCCCC2)c1. The van der Waals surface area contributed by atoms with E-state index < -0.39 is 0 Å². The average Bonchev–Trinajstić information content (AvgIpc) is 2.69. The van der Waals surface area contributed by atoms with Crippen LogP contribution in [0.3, 0.4) is 0 Å². The van der Waals surface area contributed by atoms with E-state index in [2.05, 4.69) is 10.6 Å². The maximum Gasteiger partial charge on any atom is 0.255 e. The Balaban J connectivity index is 1.72. The number of hydrogen-bond acceptors (Lipinski definition) is 3. The number of hydrogen-bond donors (Lipinski definition) is 2. The van der Waals surface area contributed by atoms with Crippen LogP contribution in [-0.4, -0.2) is 25.0 Å². The molecular formula is C22H26N2O3. The highest BCUT2D eigenvalue weighted by molar-refractivity contribution is 6.06. The largest absolute Gasteiger partial charge is 0.495 e. The first kappa shape index (κ1) is 19.0. The molecule has 2 aromatic rings. The molecule has 2 N–H and O–H groups in total. The second-order valence-corrected chi connectivity index (χ2v) is 7.05.